The highest BCUT2D eigenvalue weighted by Crippen LogP contribution is 2.21. The van der Waals surface area contributed by atoms with Gasteiger partial charge in [-0.2, -0.15) is 5.26 Å². The van der Waals surface area contributed by atoms with E-state index in [2.05, 4.69) is 47.5 Å². The smallest absolute Gasteiger partial charge is 0.0991 e. The third kappa shape index (κ3) is 3.30. The van der Waals surface area contributed by atoms with E-state index in [-0.39, 0.29) is 6.04 Å². The van der Waals surface area contributed by atoms with E-state index in [1.54, 1.807) is 0 Å². The molecule has 1 unspecified atom stereocenters. The molecule has 0 amide bonds. The van der Waals surface area contributed by atoms with Crippen molar-refractivity contribution in [2.24, 2.45) is 0 Å². The van der Waals surface area contributed by atoms with Crippen LogP contribution in [-0.4, -0.2) is 14.1 Å². The predicted molar refractivity (Wildman–Crippen MR) is 84.0 cm³/mol. The largest absolute Gasteiger partial charge is 0.379 e. The fraction of sp³-hybridized carbons (Fsp3) is 0.235. The van der Waals surface area contributed by atoms with Crippen LogP contribution >= 0.6 is 0 Å². The molecule has 0 spiro atoms. The molecule has 3 heteroatoms. The fourth-order valence-corrected chi connectivity index (χ4v) is 2.04. The van der Waals surface area contributed by atoms with Gasteiger partial charge in [-0.05, 0) is 48.9 Å². The summed E-state index contributed by atoms with van der Waals surface area (Å²) in [6.45, 7) is 2.13. The minimum absolute atomic E-state index is 0.221. The molecule has 0 saturated carbocycles. The molecule has 2 aromatic carbocycles. The summed E-state index contributed by atoms with van der Waals surface area (Å²) in [5.41, 5.74) is 4.13. The molecule has 1 atom stereocenters. The molecule has 0 saturated heterocycles. The molecule has 3 nitrogen and oxygen atoms in total. The highest BCUT2D eigenvalue weighted by atomic mass is 15.1. The lowest BCUT2D eigenvalue weighted by Gasteiger charge is -2.18. The first-order valence-electron chi connectivity index (χ1n) is 6.64. The average Bonchev–Trinajstić information content (AvgIpc) is 2.48. The number of anilines is 2. The molecule has 1 N–H and O–H groups in total. The van der Waals surface area contributed by atoms with Crippen LogP contribution in [0.4, 0.5) is 11.4 Å². The number of nitriles is 1. The van der Waals surface area contributed by atoms with Crippen LogP contribution in [0.2, 0.25) is 0 Å². The van der Waals surface area contributed by atoms with Gasteiger partial charge in [-0.3, -0.25) is 0 Å². The average molecular weight is 265 g/mol. The van der Waals surface area contributed by atoms with Gasteiger partial charge < -0.3 is 10.2 Å². The molecular formula is C17H19N3. The fourth-order valence-electron chi connectivity index (χ4n) is 2.04. The zero-order valence-electron chi connectivity index (χ0n) is 12.1. The van der Waals surface area contributed by atoms with Crippen LogP contribution in [0.3, 0.4) is 0 Å². The summed E-state index contributed by atoms with van der Waals surface area (Å²) in [4.78, 5) is 2.09. The van der Waals surface area contributed by atoms with E-state index in [1.807, 2.05) is 38.4 Å². The maximum absolute atomic E-state index is 8.78. The second kappa shape index (κ2) is 6.12. The Balaban J connectivity index is 2.07. The third-order valence-corrected chi connectivity index (χ3v) is 3.31. The van der Waals surface area contributed by atoms with E-state index >= 15 is 0 Å². The summed E-state index contributed by atoms with van der Waals surface area (Å²) in [5, 5.41) is 12.2. The Morgan fingerprint density at radius 2 is 1.60 bits per heavy atom. The summed E-state index contributed by atoms with van der Waals surface area (Å²) < 4.78 is 0. The van der Waals surface area contributed by atoms with Crippen molar-refractivity contribution in [3.8, 4) is 6.07 Å². The Bertz CT molecular complexity index is 592. The van der Waals surface area contributed by atoms with E-state index in [0.717, 1.165) is 5.69 Å². The standard InChI is InChI=1S/C17H19N3/c1-13(15-6-10-17(11-7-15)20(2)3)19-16-8-4-14(12-18)5-9-16/h4-11,13,19H,1-3H3. The molecule has 0 aliphatic carbocycles. The van der Waals surface area contributed by atoms with Gasteiger partial charge in [-0.25, -0.2) is 0 Å². The number of benzene rings is 2. The summed E-state index contributed by atoms with van der Waals surface area (Å²) >= 11 is 0. The van der Waals surface area contributed by atoms with Gasteiger partial charge in [-0.15, -0.1) is 0 Å². The molecule has 0 heterocycles. The zero-order chi connectivity index (χ0) is 14.5. The third-order valence-electron chi connectivity index (χ3n) is 3.31. The minimum atomic E-state index is 0.221. The first-order chi connectivity index (χ1) is 9.60. The Kier molecular flexibility index (Phi) is 4.27. The second-order valence-electron chi connectivity index (χ2n) is 5.04. The van der Waals surface area contributed by atoms with Crippen LogP contribution in [0.1, 0.15) is 24.1 Å². The van der Waals surface area contributed by atoms with Crippen molar-refractivity contribution in [3.05, 3.63) is 59.7 Å². The van der Waals surface area contributed by atoms with Crippen LogP contribution in [0.25, 0.3) is 0 Å². The van der Waals surface area contributed by atoms with E-state index in [1.165, 1.54) is 11.3 Å². The Labute approximate surface area is 120 Å². The molecule has 2 rings (SSSR count). The Morgan fingerprint density at radius 1 is 1.00 bits per heavy atom. The number of rotatable bonds is 4. The minimum Gasteiger partial charge on any atom is -0.379 e. The molecule has 0 aliphatic rings. The van der Waals surface area contributed by atoms with Crippen LogP contribution in [0.5, 0.6) is 0 Å². The van der Waals surface area contributed by atoms with Gasteiger partial charge in [0.05, 0.1) is 11.6 Å². The van der Waals surface area contributed by atoms with Crippen LogP contribution in [-0.2, 0) is 0 Å². The first-order valence-corrected chi connectivity index (χ1v) is 6.64. The predicted octanol–water partition coefficient (Wildman–Crippen LogP) is 3.80. The molecule has 0 aliphatic heterocycles. The van der Waals surface area contributed by atoms with Crippen LogP contribution in [0, 0.1) is 11.3 Å². The van der Waals surface area contributed by atoms with Crippen molar-refractivity contribution < 1.29 is 0 Å². The van der Waals surface area contributed by atoms with Crippen molar-refractivity contribution in [2.75, 3.05) is 24.3 Å². The monoisotopic (exact) mass is 265 g/mol. The molecule has 0 aromatic heterocycles. The maximum atomic E-state index is 8.78. The zero-order valence-corrected chi connectivity index (χ0v) is 12.1. The van der Waals surface area contributed by atoms with E-state index in [4.69, 9.17) is 5.26 Å². The first kappa shape index (κ1) is 14.0. The highest BCUT2D eigenvalue weighted by molar-refractivity contribution is 5.50. The molecule has 0 bridgehead atoms. The number of hydrogen-bond donors (Lipinski definition) is 1. The van der Waals surface area contributed by atoms with Crippen LogP contribution < -0.4 is 10.2 Å². The highest BCUT2D eigenvalue weighted by Gasteiger charge is 2.05. The normalized spacial score (nSPS) is 11.5. The van der Waals surface area contributed by atoms with E-state index in [0.29, 0.717) is 5.56 Å². The number of nitrogens with one attached hydrogen (secondary N) is 1. The number of hydrogen-bond acceptors (Lipinski definition) is 3. The summed E-state index contributed by atoms with van der Waals surface area (Å²) in [6, 6.07) is 18.4. The molecule has 102 valence electrons. The van der Waals surface area contributed by atoms with Gasteiger partial charge in [0.15, 0.2) is 0 Å². The lowest BCUT2D eigenvalue weighted by atomic mass is 10.1. The van der Waals surface area contributed by atoms with Crippen molar-refractivity contribution in [1.29, 1.82) is 5.26 Å². The topological polar surface area (TPSA) is 39.1 Å². The van der Waals surface area contributed by atoms with Crippen LogP contribution in [0.15, 0.2) is 48.5 Å². The lowest BCUT2D eigenvalue weighted by Crippen LogP contribution is -2.10. The van der Waals surface area contributed by atoms with Gasteiger partial charge in [0, 0.05) is 31.5 Å². The summed E-state index contributed by atoms with van der Waals surface area (Å²) in [7, 11) is 4.07. The van der Waals surface area contributed by atoms with Gasteiger partial charge >= 0.3 is 0 Å². The summed E-state index contributed by atoms with van der Waals surface area (Å²) in [5.74, 6) is 0. The second-order valence-corrected chi connectivity index (χ2v) is 5.04. The van der Waals surface area contributed by atoms with Gasteiger partial charge in [0.2, 0.25) is 0 Å². The molecular weight excluding hydrogens is 246 g/mol. The molecule has 20 heavy (non-hydrogen) atoms. The van der Waals surface area contributed by atoms with Gasteiger partial charge in [-0.1, -0.05) is 12.1 Å². The summed E-state index contributed by atoms with van der Waals surface area (Å²) in [6.07, 6.45) is 0. The van der Waals surface area contributed by atoms with Gasteiger partial charge in [0.1, 0.15) is 0 Å². The van der Waals surface area contributed by atoms with Gasteiger partial charge in [0.25, 0.3) is 0 Å². The quantitative estimate of drug-likeness (QED) is 0.914. The van der Waals surface area contributed by atoms with Crippen molar-refractivity contribution in [1.82, 2.24) is 0 Å². The van der Waals surface area contributed by atoms with Crippen molar-refractivity contribution in [2.45, 2.75) is 13.0 Å². The SMILES string of the molecule is CC(Nc1ccc(C#N)cc1)c1ccc(N(C)C)cc1. The molecule has 0 fully saturated rings. The molecule has 2 aromatic rings. The maximum Gasteiger partial charge on any atom is 0.0991 e. The molecule has 0 radical (unpaired) electrons. The Morgan fingerprint density at radius 3 is 2.10 bits per heavy atom. The van der Waals surface area contributed by atoms with Crippen molar-refractivity contribution in [3.63, 3.8) is 0 Å². The van der Waals surface area contributed by atoms with Crippen molar-refractivity contribution >= 4 is 11.4 Å². The Hall–Kier alpha value is -2.47. The number of nitrogens with zero attached hydrogens (tertiary/aromatic N) is 2. The van der Waals surface area contributed by atoms with E-state index < -0.39 is 0 Å². The lowest BCUT2D eigenvalue weighted by molar-refractivity contribution is 0.884. The van der Waals surface area contributed by atoms with E-state index in [9.17, 15) is 0 Å².